The van der Waals surface area contributed by atoms with E-state index < -0.39 is 0 Å². The number of para-hydroxylation sites is 1. The van der Waals surface area contributed by atoms with Gasteiger partial charge in [-0.1, -0.05) is 36.9 Å². The van der Waals surface area contributed by atoms with Crippen LogP contribution in [-0.4, -0.2) is 59.2 Å². The maximum absolute atomic E-state index is 13.2. The van der Waals surface area contributed by atoms with E-state index in [2.05, 4.69) is 22.4 Å². The number of nitrogens with zero attached hydrogens (tertiary/aromatic N) is 7. The molecule has 0 atom stereocenters. The van der Waals surface area contributed by atoms with Crippen molar-refractivity contribution in [2.45, 2.75) is 31.8 Å². The Bertz CT molecular complexity index is 1090. The molecule has 0 radical (unpaired) electrons. The first kappa shape index (κ1) is 20.4. The number of thioether (sulfide) groups is 1. The standard InChI is InChI=1S/C20H25N7O2S/c1-14-9-11-25(12-10-14)17(28)13-30-20-21-22-23-26(20)18-15(2)24(3)27(19(18)29)16-7-5-4-6-8-16/h4-8,14H,9-13H2,1-3H3. The Balaban J connectivity index is 1.58. The molecule has 2 aromatic heterocycles. The fourth-order valence-electron chi connectivity index (χ4n) is 3.68. The third-order valence-electron chi connectivity index (χ3n) is 5.64. The van der Waals surface area contributed by atoms with E-state index in [-0.39, 0.29) is 17.2 Å². The SMILES string of the molecule is Cc1c(-n2nnnc2SCC(=O)N2CCC(C)CC2)c(=O)n(-c2ccccc2)n1C. The first-order valence-electron chi connectivity index (χ1n) is 10.0. The molecular weight excluding hydrogens is 402 g/mol. The second-order valence-corrected chi connectivity index (χ2v) is 8.58. The number of benzene rings is 1. The van der Waals surface area contributed by atoms with Gasteiger partial charge in [-0.2, -0.15) is 4.68 Å². The molecule has 0 bridgehead atoms. The smallest absolute Gasteiger partial charge is 0.297 e. The number of rotatable bonds is 5. The normalized spacial score (nSPS) is 15.0. The zero-order valence-electron chi connectivity index (χ0n) is 17.4. The van der Waals surface area contributed by atoms with Crippen LogP contribution in [-0.2, 0) is 11.8 Å². The van der Waals surface area contributed by atoms with E-state index in [1.54, 1.807) is 9.36 Å². The third kappa shape index (κ3) is 3.79. The molecule has 1 saturated heterocycles. The van der Waals surface area contributed by atoms with E-state index in [0.29, 0.717) is 16.8 Å². The number of hydrogen-bond donors (Lipinski definition) is 0. The molecule has 10 heteroatoms. The highest BCUT2D eigenvalue weighted by Gasteiger charge is 2.24. The number of hydrogen-bond acceptors (Lipinski definition) is 6. The molecule has 1 amide bonds. The van der Waals surface area contributed by atoms with Crippen molar-refractivity contribution in [1.29, 1.82) is 0 Å². The Labute approximate surface area is 178 Å². The van der Waals surface area contributed by atoms with Crippen LogP contribution in [0.15, 0.2) is 40.3 Å². The van der Waals surface area contributed by atoms with Crippen molar-refractivity contribution in [3.63, 3.8) is 0 Å². The van der Waals surface area contributed by atoms with Crippen LogP contribution >= 0.6 is 11.8 Å². The number of likely N-dealkylation sites (tertiary alicyclic amines) is 1. The molecule has 30 heavy (non-hydrogen) atoms. The molecule has 3 heterocycles. The quantitative estimate of drug-likeness (QED) is 0.577. The van der Waals surface area contributed by atoms with Crippen LogP contribution in [0.4, 0.5) is 0 Å². The molecule has 0 spiro atoms. The van der Waals surface area contributed by atoms with Gasteiger partial charge in [-0.3, -0.25) is 14.3 Å². The van der Waals surface area contributed by atoms with Crippen molar-refractivity contribution in [2.24, 2.45) is 13.0 Å². The molecule has 0 saturated carbocycles. The van der Waals surface area contributed by atoms with Gasteiger partial charge in [0.15, 0.2) is 5.69 Å². The second kappa shape index (κ2) is 8.47. The summed E-state index contributed by atoms with van der Waals surface area (Å²) in [4.78, 5) is 27.7. The minimum Gasteiger partial charge on any atom is -0.342 e. The summed E-state index contributed by atoms with van der Waals surface area (Å²) in [5, 5.41) is 12.3. The fraction of sp³-hybridized carbons (Fsp3) is 0.450. The lowest BCUT2D eigenvalue weighted by molar-refractivity contribution is -0.129. The molecule has 4 rings (SSSR count). The molecule has 1 aliphatic rings. The molecule has 1 aromatic carbocycles. The Kier molecular flexibility index (Phi) is 5.76. The molecule has 0 N–H and O–H groups in total. The van der Waals surface area contributed by atoms with Crippen molar-refractivity contribution in [2.75, 3.05) is 18.8 Å². The number of piperidine rings is 1. The van der Waals surface area contributed by atoms with Crippen LogP contribution in [0, 0.1) is 12.8 Å². The van der Waals surface area contributed by atoms with Gasteiger partial charge in [0.25, 0.3) is 5.56 Å². The number of amides is 1. The van der Waals surface area contributed by atoms with Crippen LogP contribution in [0.1, 0.15) is 25.5 Å². The van der Waals surface area contributed by atoms with Gasteiger partial charge in [0.2, 0.25) is 11.1 Å². The van der Waals surface area contributed by atoms with Crippen LogP contribution in [0.5, 0.6) is 0 Å². The summed E-state index contributed by atoms with van der Waals surface area (Å²) in [6, 6.07) is 9.42. The Morgan fingerprint density at radius 3 is 2.60 bits per heavy atom. The Hall–Kier alpha value is -2.88. The lowest BCUT2D eigenvalue weighted by Crippen LogP contribution is -2.38. The number of carbonyl (C=O) groups excluding carboxylic acids is 1. The summed E-state index contributed by atoms with van der Waals surface area (Å²) in [6.45, 7) is 5.66. The summed E-state index contributed by atoms with van der Waals surface area (Å²) < 4.78 is 4.80. The number of aromatic nitrogens is 6. The molecule has 1 fully saturated rings. The lowest BCUT2D eigenvalue weighted by atomic mass is 9.99. The van der Waals surface area contributed by atoms with Crippen molar-refractivity contribution in [1.82, 2.24) is 34.5 Å². The van der Waals surface area contributed by atoms with E-state index in [9.17, 15) is 9.59 Å². The van der Waals surface area contributed by atoms with Gasteiger partial charge >= 0.3 is 0 Å². The zero-order chi connectivity index (χ0) is 21.3. The van der Waals surface area contributed by atoms with Crippen molar-refractivity contribution >= 4 is 17.7 Å². The summed E-state index contributed by atoms with van der Waals surface area (Å²) in [5.41, 5.74) is 1.66. The minimum atomic E-state index is -0.216. The average Bonchev–Trinajstić information content (AvgIpc) is 3.29. The molecule has 0 unspecified atom stereocenters. The van der Waals surface area contributed by atoms with Gasteiger partial charge in [0, 0.05) is 20.1 Å². The summed E-state index contributed by atoms with van der Waals surface area (Å²) in [5.74, 6) is 0.989. The lowest BCUT2D eigenvalue weighted by Gasteiger charge is -2.30. The van der Waals surface area contributed by atoms with Gasteiger partial charge in [-0.05, 0) is 48.2 Å². The van der Waals surface area contributed by atoms with Crippen molar-refractivity contribution in [3.05, 3.63) is 46.4 Å². The largest absolute Gasteiger partial charge is 0.342 e. The molecular formula is C20H25N7O2S. The van der Waals surface area contributed by atoms with Gasteiger partial charge in [-0.15, -0.1) is 5.10 Å². The predicted octanol–water partition coefficient (Wildman–Crippen LogP) is 1.81. The highest BCUT2D eigenvalue weighted by Crippen LogP contribution is 2.22. The number of tetrazole rings is 1. The average molecular weight is 428 g/mol. The maximum Gasteiger partial charge on any atom is 0.297 e. The summed E-state index contributed by atoms with van der Waals surface area (Å²) in [6.07, 6.45) is 2.08. The van der Waals surface area contributed by atoms with Crippen molar-refractivity contribution < 1.29 is 4.79 Å². The summed E-state index contributed by atoms with van der Waals surface area (Å²) in [7, 11) is 1.82. The van der Waals surface area contributed by atoms with E-state index in [1.807, 2.05) is 49.2 Å². The minimum absolute atomic E-state index is 0.0768. The highest BCUT2D eigenvalue weighted by atomic mass is 32.2. The van der Waals surface area contributed by atoms with Gasteiger partial charge in [0.1, 0.15) is 0 Å². The molecule has 9 nitrogen and oxygen atoms in total. The maximum atomic E-state index is 13.2. The van der Waals surface area contributed by atoms with E-state index in [1.165, 1.54) is 16.4 Å². The van der Waals surface area contributed by atoms with E-state index >= 15 is 0 Å². The fourth-order valence-corrected chi connectivity index (χ4v) is 4.46. The van der Waals surface area contributed by atoms with Crippen LogP contribution in [0.3, 0.4) is 0 Å². The summed E-state index contributed by atoms with van der Waals surface area (Å²) >= 11 is 1.26. The first-order valence-corrected chi connectivity index (χ1v) is 11.0. The Morgan fingerprint density at radius 1 is 1.20 bits per heavy atom. The predicted molar refractivity (Wildman–Crippen MR) is 114 cm³/mol. The van der Waals surface area contributed by atoms with Crippen LogP contribution < -0.4 is 5.56 Å². The van der Waals surface area contributed by atoms with Gasteiger partial charge in [0.05, 0.1) is 17.1 Å². The van der Waals surface area contributed by atoms with Crippen LogP contribution in [0.25, 0.3) is 11.4 Å². The molecule has 1 aliphatic heterocycles. The Morgan fingerprint density at radius 2 is 1.90 bits per heavy atom. The van der Waals surface area contributed by atoms with E-state index in [0.717, 1.165) is 37.3 Å². The van der Waals surface area contributed by atoms with Gasteiger partial charge in [-0.25, -0.2) is 4.68 Å². The van der Waals surface area contributed by atoms with Gasteiger partial charge < -0.3 is 4.90 Å². The topological polar surface area (TPSA) is 90.8 Å². The first-order chi connectivity index (χ1) is 14.5. The van der Waals surface area contributed by atoms with E-state index in [4.69, 9.17) is 0 Å². The molecule has 158 valence electrons. The van der Waals surface area contributed by atoms with Crippen LogP contribution in [0.2, 0.25) is 0 Å². The zero-order valence-corrected chi connectivity index (χ0v) is 18.2. The third-order valence-corrected chi connectivity index (χ3v) is 6.54. The number of carbonyl (C=O) groups is 1. The molecule has 3 aromatic rings. The molecule has 0 aliphatic carbocycles. The van der Waals surface area contributed by atoms with Crippen molar-refractivity contribution in [3.8, 4) is 11.4 Å². The monoisotopic (exact) mass is 427 g/mol. The second-order valence-electron chi connectivity index (χ2n) is 7.64. The highest BCUT2D eigenvalue weighted by molar-refractivity contribution is 7.99.